The summed E-state index contributed by atoms with van der Waals surface area (Å²) in [6, 6.07) is 1.79. The predicted octanol–water partition coefficient (Wildman–Crippen LogP) is 2.60. The smallest absolute Gasteiger partial charge is 0.341 e. The van der Waals surface area contributed by atoms with E-state index in [0.717, 1.165) is 24.1 Å². The van der Waals surface area contributed by atoms with Crippen molar-refractivity contribution >= 4 is 28.2 Å². The lowest BCUT2D eigenvalue weighted by molar-refractivity contribution is -0.124. The van der Waals surface area contributed by atoms with Crippen LogP contribution in [0.4, 0.5) is 5.00 Å². The molecular formula is C14H19NO4S. The van der Waals surface area contributed by atoms with Crippen LogP contribution in [0, 0.1) is 0 Å². The van der Waals surface area contributed by atoms with E-state index in [4.69, 9.17) is 9.47 Å². The first-order valence-corrected chi connectivity index (χ1v) is 7.69. The van der Waals surface area contributed by atoms with Gasteiger partial charge in [-0.2, -0.15) is 0 Å². The first-order chi connectivity index (χ1) is 9.65. The van der Waals surface area contributed by atoms with Crippen molar-refractivity contribution in [3.05, 3.63) is 16.5 Å². The Bertz CT molecular complexity index is 491. The minimum absolute atomic E-state index is 0.183. The second-order valence-electron chi connectivity index (χ2n) is 4.52. The van der Waals surface area contributed by atoms with Crippen LogP contribution in [-0.2, 0) is 20.7 Å². The maximum Gasteiger partial charge on any atom is 0.341 e. The summed E-state index contributed by atoms with van der Waals surface area (Å²) >= 11 is 1.41. The fourth-order valence-electron chi connectivity index (χ4n) is 2.05. The van der Waals surface area contributed by atoms with Crippen molar-refractivity contribution in [1.82, 2.24) is 0 Å². The topological polar surface area (TPSA) is 64.6 Å². The highest BCUT2D eigenvalue weighted by Crippen LogP contribution is 2.30. The van der Waals surface area contributed by atoms with Gasteiger partial charge in [0, 0.05) is 11.5 Å². The Morgan fingerprint density at radius 2 is 2.30 bits per heavy atom. The first-order valence-electron chi connectivity index (χ1n) is 6.88. The molecule has 1 N–H and O–H groups in total. The monoisotopic (exact) mass is 297 g/mol. The molecule has 1 aliphatic rings. The zero-order chi connectivity index (χ0) is 14.5. The van der Waals surface area contributed by atoms with E-state index >= 15 is 0 Å². The number of ether oxygens (including phenoxy) is 2. The molecule has 6 heteroatoms. The van der Waals surface area contributed by atoms with Crippen LogP contribution < -0.4 is 5.32 Å². The third kappa shape index (κ3) is 3.37. The molecule has 0 aromatic carbocycles. The van der Waals surface area contributed by atoms with Gasteiger partial charge in [0.15, 0.2) is 0 Å². The number of carbonyl (C=O) groups is 2. The average Bonchev–Trinajstić information content (AvgIpc) is 3.08. The van der Waals surface area contributed by atoms with Crippen LogP contribution in [0.5, 0.6) is 0 Å². The van der Waals surface area contributed by atoms with E-state index in [1.54, 1.807) is 13.0 Å². The summed E-state index contributed by atoms with van der Waals surface area (Å²) in [6.07, 6.45) is 2.03. The Morgan fingerprint density at radius 3 is 2.90 bits per heavy atom. The maximum atomic E-state index is 12.1. The molecule has 1 fully saturated rings. The zero-order valence-electron chi connectivity index (χ0n) is 11.7. The van der Waals surface area contributed by atoms with Crippen molar-refractivity contribution in [2.75, 3.05) is 18.5 Å². The second kappa shape index (κ2) is 6.85. The van der Waals surface area contributed by atoms with E-state index in [1.807, 2.05) is 6.92 Å². The summed E-state index contributed by atoms with van der Waals surface area (Å²) < 4.78 is 10.4. The number of anilines is 1. The Balaban J connectivity index is 2.14. The molecule has 20 heavy (non-hydrogen) atoms. The number of thiophene rings is 1. The van der Waals surface area contributed by atoms with Crippen LogP contribution in [0.3, 0.4) is 0 Å². The van der Waals surface area contributed by atoms with E-state index in [-0.39, 0.29) is 5.91 Å². The van der Waals surface area contributed by atoms with E-state index < -0.39 is 12.1 Å². The molecule has 0 aliphatic carbocycles. The van der Waals surface area contributed by atoms with Gasteiger partial charge >= 0.3 is 5.97 Å². The van der Waals surface area contributed by atoms with Gasteiger partial charge in [-0.3, -0.25) is 4.79 Å². The lowest BCUT2D eigenvalue weighted by Gasteiger charge is -2.10. The van der Waals surface area contributed by atoms with Gasteiger partial charge in [0.05, 0.1) is 12.2 Å². The minimum Gasteiger partial charge on any atom is -0.462 e. The molecule has 0 bridgehead atoms. The molecule has 1 amide bonds. The van der Waals surface area contributed by atoms with Gasteiger partial charge < -0.3 is 14.8 Å². The number of aryl methyl sites for hydroxylation is 1. The third-order valence-electron chi connectivity index (χ3n) is 3.09. The van der Waals surface area contributed by atoms with Crippen molar-refractivity contribution in [2.45, 2.75) is 39.2 Å². The number of esters is 1. The number of rotatable bonds is 5. The number of carbonyl (C=O) groups excluding carboxylic acids is 2. The van der Waals surface area contributed by atoms with Crippen molar-refractivity contribution in [3.63, 3.8) is 0 Å². The molecule has 0 saturated carbocycles. The maximum absolute atomic E-state index is 12.1. The fourth-order valence-corrected chi connectivity index (χ4v) is 3.03. The molecule has 1 atom stereocenters. The Kier molecular flexibility index (Phi) is 5.14. The lowest BCUT2D eigenvalue weighted by atomic mass is 10.2. The second-order valence-corrected chi connectivity index (χ2v) is 5.66. The molecule has 0 spiro atoms. The fraction of sp³-hybridized carbons (Fsp3) is 0.571. The van der Waals surface area contributed by atoms with Gasteiger partial charge in [-0.15, -0.1) is 11.3 Å². The summed E-state index contributed by atoms with van der Waals surface area (Å²) in [7, 11) is 0. The highest BCUT2D eigenvalue weighted by Gasteiger charge is 2.26. The number of hydrogen-bond acceptors (Lipinski definition) is 5. The van der Waals surface area contributed by atoms with Gasteiger partial charge in [0.2, 0.25) is 0 Å². The van der Waals surface area contributed by atoms with Gasteiger partial charge in [-0.25, -0.2) is 4.79 Å². The molecule has 1 aromatic heterocycles. The standard InChI is InChI=1S/C14H19NO4S/c1-3-9-8-10(14(17)18-4-2)13(20-9)15-12(16)11-6-5-7-19-11/h8,11H,3-7H2,1-2H3,(H,15,16)/t11-/m0/s1. The molecule has 1 saturated heterocycles. The zero-order valence-corrected chi connectivity index (χ0v) is 12.5. The number of nitrogens with one attached hydrogen (secondary N) is 1. The van der Waals surface area contributed by atoms with Gasteiger partial charge in [0.1, 0.15) is 11.1 Å². The SMILES string of the molecule is CCOC(=O)c1cc(CC)sc1NC(=O)[C@@H]1CCCO1. The molecule has 1 aliphatic heterocycles. The summed E-state index contributed by atoms with van der Waals surface area (Å²) in [4.78, 5) is 25.0. The molecule has 1 aromatic rings. The Morgan fingerprint density at radius 1 is 1.50 bits per heavy atom. The molecule has 2 rings (SSSR count). The van der Waals surface area contributed by atoms with E-state index in [2.05, 4.69) is 5.32 Å². The summed E-state index contributed by atoms with van der Waals surface area (Å²) in [6.45, 7) is 4.70. The first kappa shape index (κ1) is 15.0. The highest BCUT2D eigenvalue weighted by molar-refractivity contribution is 7.16. The van der Waals surface area contributed by atoms with Crippen LogP contribution in [0.15, 0.2) is 6.07 Å². The molecule has 2 heterocycles. The minimum atomic E-state index is -0.405. The normalized spacial score (nSPS) is 18.0. The summed E-state index contributed by atoms with van der Waals surface area (Å²) in [5.41, 5.74) is 0.431. The quantitative estimate of drug-likeness (QED) is 0.848. The van der Waals surface area contributed by atoms with Gasteiger partial charge in [-0.05, 0) is 32.3 Å². The number of amides is 1. The predicted molar refractivity (Wildman–Crippen MR) is 77.3 cm³/mol. The van der Waals surface area contributed by atoms with Crippen LogP contribution in [0.2, 0.25) is 0 Å². The van der Waals surface area contributed by atoms with Crippen molar-refractivity contribution < 1.29 is 19.1 Å². The van der Waals surface area contributed by atoms with Crippen LogP contribution in [-0.4, -0.2) is 31.2 Å². The van der Waals surface area contributed by atoms with Crippen molar-refractivity contribution in [2.24, 2.45) is 0 Å². The molecule has 110 valence electrons. The van der Waals surface area contributed by atoms with Crippen molar-refractivity contribution in [1.29, 1.82) is 0 Å². The van der Waals surface area contributed by atoms with Crippen molar-refractivity contribution in [3.8, 4) is 0 Å². The lowest BCUT2D eigenvalue weighted by Crippen LogP contribution is -2.27. The molecule has 0 unspecified atom stereocenters. The van der Waals surface area contributed by atoms with Crippen LogP contribution in [0.25, 0.3) is 0 Å². The Labute approximate surface area is 122 Å². The molecule has 0 radical (unpaired) electrons. The van der Waals surface area contributed by atoms with E-state index in [1.165, 1.54) is 11.3 Å². The highest BCUT2D eigenvalue weighted by atomic mass is 32.1. The largest absolute Gasteiger partial charge is 0.462 e. The number of hydrogen-bond donors (Lipinski definition) is 1. The van der Waals surface area contributed by atoms with Gasteiger partial charge in [0.25, 0.3) is 5.91 Å². The summed E-state index contributed by atoms with van der Waals surface area (Å²) in [5, 5.41) is 3.36. The van der Waals surface area contributed by atoms with E-state index in [0.29, 0.717) is 23.8 Å². The van der Waals surface area contributed by atoms with Crippen LogP contribution in [0.1, 0.15) is 41.9 Å². The Hall–Kier alpha value is -1.40. The molecular weight excluding hydrogens is 278 g/mol. The van der Waals surface area contributed by atoms with Crippen LogP contribution >= 0.6 is 11.3 Å². The molecule has 5 nitrogen and oxygen atoms in total. The average molecular weight is 297 g/mol. The van der Waals surface area contributed by atoms with E-state index in [9.17, 15) is 9.59 Å². The summed E-state index contributed by atoms with van der Waals surface area (Å²) in [5.74, 6) is -0.580. The van der Waals surface area contributed by atoms with Gasteiger partial charge in [-0.1, -0.05) is 6.92 Å². The third-order valence-corrected chi connectivity index (χ3v) is 4.28.